The fourth-order valence-corrected chi connectivity index (χ4v) is 3.97. The Bertz CT molecular complexity index is 500. The van der Waals surface area contributed by atoms with Crippen LogP contribution in [0.1, 0.15) is 64.7 Å². The van der Waals surface area contributed by atoms with Gasteiger partial charge in [0.2, 0.25) is 11.8 Å². The molecule has 1 N–H and O–H groups in total. The lowest BCUT2D eigenvalue weighted by Crippen LogP contribution is -2.49. The number of nitrogens with zero attached hydrogens (tertiary/aromatic N) is 3. The van der Waals surface area contributed by atoms with Crippen LogP contribution in [0.3, 0.4) is 0 Å². The van der Waals surface area contributed by atoms with Gasteiger partial charge in [0, 0.05) is 39.0 Å². The van der Waals surface area contributed by atoms with Crippen molar-refractivity contribution in [3.63, 3.8) is 0 Å². The van der Waals surface area contributed by atoms with Crippen LogP contribution in [0.15, 0.2) is 0 Å². The van der Waals surface area contributed by atoms with Gasteiger partial charge < -0.3 is 15.1 Å². The summed E-state index contributed by atoms with van der Waals surface area (Å²) in [6.07, 6.45) is 6.91. The van der Waals surface area contributed by atoms with E-state index in [9.17, 15) is 14.9 Å². The minimum atomic E-state index is -0.711. The quantitative estimate of drug-likeness (QED) is 0.797. The zero-order chi connectivity index (χ0) is 18.3. The highest BCUT2D eigenvalue weighted by molar-refractivity contribution is 5.84. The topological polar surface area (TPSA) is 76.4 Å². The maximum atomic E-state index is 12.4. The Hall–Kier alpha value is -1.61. The van der Waals surface area contributed by atoms with E-state index in [0.717, 1.165) is 64.6 Å². The van der Waals surface area contributed by atoms with Gasteiger partial charge in [-0.05, 0) is 32.2 Å². The van der Waals surface area contributed by atoms with Gasteiger partial charge in [0.15, 0.2) is 0 Å². The Morgan fingerprint density at radius 1 is 1.20 bits per heavy atom. The molecule has 0 spiro atoms. The van der Waals surface area contributed by atoms with Crippen LogP contribution < -0.4 is 5.32 Å². The van der Waals surface area contributed by atoms with Crippen molar-refractivity contribution in [3.8, 4) is 6.07 Å². The Morgan fingerprint density at radius 2 is 1.84 bits per heavy atom. The number of nitrogens with one attached hydrogen (secondary N) is 1. The molecule has 0 radical (unpaired) electrons. The molecule has 0 aromatic rings. The molecule has 25 heavy (non-hydrogen) atoms. The van der Waals surface area contributed by atoms with Gasteiger partial charge >= 0.3 is 0 Å². The average Bonchev–Trinajstić information content (AvgIpc) is 2.66. The number of carbonyl (C=O) groups excluding carboxylic acids is 2. The van der Waals surface area contributed by atoms with Gasteiger partial charge in [-0.3, -0.25) is 9.59 Å². The van der Waals surface area contributed by atoms with Crippen LogP contribution in [0, 0.1) is 11.3 Å². The summed E-state index contributed by atoms with van der Waals surface area (Å²) in [6, 6.07) is 2.57. The monoisotopic (exact) mass is 348 g/mol. The first-order valence-electron chi connectivity index (χ1n) is 9.70. The van der Waals surface area contributed by atoms with E-state index in [4.69, 9.17) is 0 Å². The predicted octanol–water partition coefficient (Wildman–Crippen LogP) is 2.05. The van der Waals surface area contributed by atoms with Crippen LogP contribution >= 0.6 is 0 Å². The molecule has 0 bridgehead atoms. The van der Waals surface area contributed by atoms with Gasteiger partial charge in [-0.15, -0.1) is 0 Å². The fourth-order valence-electron chi connectivity index (χ4n) is 3.97. The highest BCUT2D eigenvalue weighted by Crippen LogP contribution is 2.27. The highest BCUT2D eigenvalue weighted by atomic mass is 16.2. The molecule has 2 rings (SSSR count). The van der Waals surface area contributed by atoms with Crippen molar-refractivity contribution in [3.05, 3.63) is 0 Å². The number of hydrogen-bond donors (Lipinski definition) is 1. The lowest BCUT2D eigenvalue weighted by Gasteiger charge is -2.36. The first kappa shape index (κ1) is 19.7. The molecule has 1 saturated heterocycles. The van der Waals surface area contributed by atoms with Crippen molar-refractivity contribution in [1.29, 1.82) is 5.26 Å². The third-order valence-electron chi connectivity index (χ3n) is 5.81. The average molecular weight is 348 g/mol. The van der Waals surface area contributed by atoms with Gasteiger partial charge in [-0.2, -0.15) is 5.26 Å². The van der Waals surface area contributed by atoms with Crippen LogP contribution in [0.25, 0.3) is 0 Å². The third-order valence-corrected chi connectivity index (χ3v) is 5.81. The molecule has 2 amide bonds. The van der Waals surface area contributed by atoms with E-state index in [1.165, 1.54) is 0 Å². The first-order chi connectivity index (χ1) is 12.0. The Balaban J connectivity index is 1.75. The zero-order valence-electron chi connectivity index (χ0n) is 15.7. The minimum Gasteiger partial charge on any atom is -0.343 e. The number of rotatable bonds is 6. The molecule has 0 aromatic carbocycles. The van der Waals surface area contributed by atoms with Crippen molar-refractivity contribution in [2.24, 2.45) is 0 Å². The molecule has 1 heterocycles. The van der Waals surface area contributed by atoms with Crippen LogP contribution in [-0.4, -0.2) is 59.9 Å². The molecule has 0 unspecified atom stereocenters. The largest absolute Gasteiger partial charge is 0.343 e. The van der Waals surface area contributed by atoms with Gasteiger partial charge in [-0.1, -0.05) is 26.2 Å². The zero-order valence-corrected chi connectivity index (χ0v) is 15.7. The van der Waals surface area contributed by atoms with Gasteiger partial charge in [0.05, 0.1) is 6.07 Å². The van der Waals surface area contributed by atoms with Crippen molar-refractivity contribution < 1.29 is 9.59 Å². The molecule has 140 valence electrons. The van der Waals surface area contributed by atoms with E-state index in [1.807, 2.05) is 11.9 Å². The third kappa shape index (κ3) is 5.43. The Labute approximate surface area is 151 Å². The smallest absolute Gasteiger partial charge is 0.223 e. The molecule has 6 nitrogen and oxygen atoms in total. The SMILES string of the molecule is CCN1CCC(N(C)C(=O)CCC(=O)NC2(C#N)CCCCC2)CC1. The molecular weight excluding hydrogens is 316 g/mol. The van der Waals surface area contributed by atoms with E-state index in [1.54, 1.807) is 0 Å². The lowest BCUT2D eigenvalue weighted by atomic mass is 9.83. The van der Waals surface area contributed by atoms with Crippen LogP contribution in [0.2, 0.25) is 0 Å². The summed E-state index contributed by atoms with van der Waals surface area (Å²) in [5, 5.41) is 12.3. The summed E-state index contributed by atoms with van der Waals surface area (Å²) in [5.74, 6) is -0.147. The maximum absolute atomic E-state index is 12.4. The van der Waals surface area contributed by atoms with Crippen LogP contribution in [-0.2, 0) is 9.59 Å². The summed E-state index contributed by atoms with van der Waals surface area (Å²) < 4.78 is 0. The number of hydrogen-bond acceptors (Lipinski definition) is 4. The van der Waals surface area contributed by atoms with E-state index in [0.29, 0.717) is 0 Å². The Morgan fingerprint density at radius 3 is 2.40 bits per heavy atom. The molecule has 1 saturated carbocycles. The summed E-state index contributed by atoms with van der Waals surface area (Å²) in [4.78, 5) is 28.8. The number of carbonyl (C=O) groups is 2. The summed E-state index contributed by atoms with van der Waals surface area (Å²) >= 11 is 0. The molecule has 2 fully saturated rings. The summed E-state index contributed by atoms with van der Waals surface area (Å²) in [6.45, 7) is 5.28. The molecule has 0 aromatic heterocycles. The van der Waals surface area contributed by atoms with Gasteiger partial charge in [0.1, 0.15) is 5.54 Å². The molecule has 1 aliphatic carbocycles. The van der Waals surface area contributed by atoms with Crippen molar-refractivity contribution in [2.75, 3.05) is 26.7 Å². The predicted molar refractivity (Wildman–Crippen MR) is 96.7 cm³/mol. The molecule has 6 heteroatoms. The second kappa shape index (κ2) is 9.19. The second-order valence-electron chi connectivity index (χ2n) is 7.47. The van der Waals surface area contributed by atoms with Crippen molar-refractivity contribution in [1.82, 2.24) is 15.1 Å². The number of amides is 2. The van der Waals surface area contributed by atoms with Crippen LogP contribution in [0.5, 0.6) is 0 Å². The highest BCUT2D eigenvalue weighted by Gasteiger charge is 2.33. The summed E-state index contributed by atoms with van der Waals surface area (Å²) in [5.41, 5.74) is -0.711. The van der Waals surface area contributed by atoms with E-state index < -0.39 is 5.54 Å². The van der Waals surface area contributed by atoms with E-state index in [2.05, 4.69) is 23.2 Å². The minimum absolute atomic E-state index is 0.0275. The standard InChI is InChI=1S/C19H32N4O2/c1-3-23-13-9-16(10-14-23)22(2)18(25)8-7-17(24)21-19(15-20)11-5-4-6-12-19/h16H,3-14H2,1-2H3,(H,21,24). The van der Waals surface area contributed by atoms with Gasteiger partial charge in [0.25, 0.3) is 0 Å². The Kier molecular flexibility index (Phi) is 7.24. The number of piperidine rings is 1. The normalized spacial score (nSPS) is 21.3. The van der Waals surface area contributed by atoms with Crippen molar-refractivity contribution in [2.45, 2.75) is 76.3 Å². The fraction of sp³-hybridized carbons (Fsp3) is 0.842. The van der Waals surface area contributed by atoms with E-state index in [-0.39, 0.29) is 30.7 Å². The molecule has 0 atom stereocenters. The maximum Gasteiger partial charge on any atom is 0.223 e. The number of nitriles is 1. The molecule has 2 aliphatic rings. The first-order valence-corrected chi connectivity index (χ1v) is 9.70. The molecule has 1 aliphatic heterocycles. The van der Waals surface area contributed by atoms with Gasteiger partial charge in [-0.25, -0.2) is 0 Å². The number of likely N-dealkylation sites (tertiary alicyclic amines) is 1. The van der Waals surface area contributed by atoms with Crippen molar-refractivity contribution >= 4 is 11.8 Å². The van der Waals surface area contributed by atoms with Crippen LogP contribution in [0.4, 0.5) is 0 Å². The summed E-state index contributed by atoms with van der Waals surface area (Å²) in [7, 11) is 1.85. The lowest BCUT2D eigenvalue weighted by molar-refractivity contribution is -0.135. The van der Waals surface area contributed by atoms with E-state index >= 15 is 0 Å². The molecular formula is C19H32N4O2. The second-order valence-corrected chi connectivity index (χ2v) is 7.47.